The predicted octanol–water partition coefficient (Wildman–Crippen LogP) is 4.37. The molecule has 0 bridgehead atoms. The molecule has 2 aromatic heterocycles. The summed E-state index contributed by atoms with van der Waals surface area (Å²) in [6.07, 6.45) is 2.71. The zero-order chi connectivity index (χ0) is 23.1. The Labute approximate surface area is 202 Å². The normalized spacial score (nSPS) is 17.1. The molecule has 0 radical (unpaired) electrons. The van der Waals surface area contributed by atoms with Gasteiger partial charge in [0.15, 0.2) is 0 Å². The molecule has 1 N–H and O–H groups in total. The number of nitrogens with one attached hydrogen (secondary N) is 1. The van der Waals surface area contributed by atoms with E-state index in [4.69, 9.17) is 4.98 Å². The number of aromatic nitrogens is 2. The second-order valence-electron chi connectivity index (χ2n) is 9.34. The highest BCUT2D eigenvalue weighted by Gasteiger charge is 2.29. The summed E-state index contributed by atoms with van der Waals surface area (Å²) in [7, 11) is 0. The Morgan fingerprint density at radius 1 is 1.18 bits per heavy atom. The molecule has 1 saturated heterocycles. The number of nitrogens with zero attached hydrogens (tertiary/aromatic N) is 3. The van der Waals surface area contributed by atoms with E-state index < -0.39 is 0 Å². The maximum Gasteiger partial charge on any atom is 0.264 e. The number of benzene rings is 1. The summed E-state index contributed by atoms with van der Waals surface area (Å²) in [6, 6.07) is 6.38. The van der Waals surface area contributed by atoms with E-state index >= 15 is 0 Å². The van der Waals surface area contributed by atoms with Gasteiger partial charge in [-0.15, -0.1) is 23.1 Å². The molecular formula is C25H30N4O2S2. The van der Waals surface area contributed by atoms with Gasteiger partial charge in [0.2, 0.25) is 0 Å². The van der Waals surface area contributed by atoms with Gasteiger partial charge in [-0.1, -0.05) is 17.7 Å². The molecule has 1 aromatic carbocycles. The number of piperazine rings is 1. The number of thioether (sulfide) groups is 1. The van der Waals surface area contributed by atoms with E-state index in [1.165, 1.54) is 46.7 Å². The first-order valence-corrected chi connectivity index (χ1v) is 13.4. The number of amides is 1. The largest absolute Gasteiger partial charge is 0.335 e. The highest BCUT2D eigenvalue weighted by Crippen LogP contribution is 2.32. The van der Waals surface area contributed by atoms with Crippen LogP contribution in [0.3, 0.4) is 0 Å². The zero-order valence-corrected chi connectivity index (χ0v) is 21.1. The fraction of sp³-hybridized carbons (Fsp3) is 0.480. The van der Waals surface area contributed by atoms with E-state index in [9.17, 15) is 9.59 Å². The second kappa shape index (κ2) is 9.24. The van der Waals surface area contributed by atoms with E-state index in [0.29, 0.717) is 26.7 Å². The lowest BCUT2D eigenvalue weighted by atomic mass is 10.2. The smallest absolute Gasteiger partial charge is 0.264 e. The van der Waals surface area contributed by atoms with Gasteiger partial charge >= 0.3 is 0 Å². The van der Waals surface area contributed by atoms with Crippen LogP contribution in [0.2, 0.25) is 0 Å². The molecule has 1 saturated carbocycles. The van der Waals surface area contributed by atoms with Crippen LogP contribution in [-0.4, -0.2) is 58.4 Å². The highest BCUT2D eigenvalue weighted by molar-refractivity contribution is 7.98. The summed E-state index contributed by atoms with van der Waals surface area (Å²) >= 11 is 3.03. The minimum Gasteiger partial charge on any atom is -0.335 e. The second-order valence-corrected chi connectivity index (χ2v) is 11.4. The van der Waals surface area contributed by atoms with Crippen LogP contribution in [0.25, 0.3) is 10.2 Å². The van der Waals surface area contributed by atoms with Gasteiger partial charge in [0.05, 0.1) is 16.0 Å². The fourth-order valence-electron chi connectivity index (χ4n) is 4.41. The third-order valence-corrected chi connectivity index (χ3v) is 8.97. The van der Waals surface area contributed by atoms with Crippen LogP contribution >= 0.6 is 23.1 Å². The molecule has 2 aliphatic rings. The molecule has 2 fully saturated rings. The van der Waals surface area contributed by atoms with Crippen molar-refractivity contribution in [2.24, 2.45) is 5.92 Å². The summed E-state index contributed by atoms with van der Waals surface area (Å²) in [6.45, 7) is 10.6. The number of rotatable bonds is 6. The average molecular weight is 483 g/mol. The lowest BCUT2D eigenvalue weighted by molar-refractivity contribution is 0.0636. The van der Waals surface area contributed by atoms with Crippen LogP contribution in [0.1, 0.15) is 45.0 Å². The van der Waals surface area contributed by atoms with E-state index in [1.54, 1.807) is 11.8 Å². The molecule has 1 aliphatic heterocycles. The van der Waals surface area contributed by atoms with Crippen molar-refractivity contribution in [1.82, 2.24) is 19.8 Å². The maximum absolute atomic E-state index is 13.3. The first-order valence-electron chi connectivity index (χ1n) is 11.6. The molecular weight excluding hydrogens is 452 g/mol. The van der Waals surface area contributed by atoms with Crippen molar-refractivity contribution < 1.29 is 4.79 Å². The van der Waals surface area contributed by atoms with Gasteiger partial charge < -0.3 is 9.88 Å². The number of thiophene rings is 1. The lowest BCUT2D eigenvalue weighted by Gasteiger charge is -2.34. The number of aryl methyl sites for hydroxylation is 3. The minimum absolute atomic E-state index is 0.0345. The van der Waals surface area contributed by atoms with Crippen molar-refractivity contribution in [2.75, 3.05) is 32.7 Å². The van der Waals surface area contributed by atoms with Gasteiger partial charge in [-0.2, -0.15) is 0 Å². The Balaban J connectivity index is 1.32. The van der Waals surface area contributed by atoms with E-state index in [-0.39, 0.29) is 11.5 Å². The van der Waals surface area contributed by atoms with Crippen LogP contribution in [0.5, 0.6) is 0 Å². The molecule has 1 aliphatic carbocycles. The molecule has 3 aromatic rings. The van der Waals surface area contributed by atoms with Crippen molar-refractivity contribution in [3.63, 3.8) is 0 Å². The fourth-order valence-corrected chi connectivity index (χ4v) is 6.57. The minimum atomic E-state index is -0.154. The number of aromatic amines is 1. The Kier molecular flexibility index (Phi) is 6.33. The van der Waals surface area contributed by atoms with E-state index in [0.717, 1.165) is 37.7 Å². The predicted molar refractivity (Wildman–Crippen MR) is 136 cm³/mol. The topological polar surface area (TPSA) is 69.3 Å². The molecule has 174 valence electrons. The Morgan fingerprint density at radius 3 is 2.67 bits per heavy atom. The number of hydrogen-bond acceptors (Lipinski definition) is 6. The van der Waals surface area contributed by atoms with Crippen LogP contribution in [0.15, 0.2) is 27.9 Å². The van der Waals surface area contributed by atoms with Gasteiger partial charge in [0.1, 0.15) is 10.7 Å². The van der Waals surface area contributed by atoms with Gasteiger partial charge in [0, 0.05) is 37.6 Å². The number of carbonyl (C=O) groups excluding carboxylic acids is 1. The SMILES string of the molecule is Cc1ccc(C)c(SCc2nc3sc(C(=O)N4CCN(CC5CC5)CC4)c(C)c3c(=O)[nH]2)c1. The summed E-state index contributed by atoms with van der Waals surface area (Å²) in [5.41, 5.74) is 3.03. The third kappa shape index (κ3) is 4.88. The molecule has 0 unspecified atom stereocenters. The molecule has 0 spiro atoms. The van der Waals surface area contributed by atoms with Crippen molar-refractivity contribution in [3.8, 4) is 0 Å². The first-order chi connectivity index (χ1) is 15.9. The quantitative estimate of drug-likeness (QED) is 0.529. The molecule has 5 rings (SSSR count). The number of hydrogen-bond donors (Lipinski definition) is 1. The number of H-pyrrole nitrogens is 1. The zero-order valence-electron chi connectivity index (χ0n) is 19.4. The summed E-state index contributed by atoms with van der Waals surface area (Å²) in [4.78, 5) is 40.8. The first kappa shape index (κ1) is 22.6. The number of fused-ring (bicyclic) bond motifs is 1. The monoisotopic (exact) mass is 482 g/mol. The van der Waals surface area contributed by atoms with Crippen molar-refractivity contribution >= 4 is 39.2 Å². The molecule has 3 heterocycles. The molecule has 1 amide bonds. The van der Waals surface area contributed by atoms with E-state index in [2.05, 4.69) is 41.9 Å². The Hall–Kier alpha value is -2.16. The molecule has 6 nitrogen and oxygen atoms in total. The maximum atomic E-state index is 13.3. The van der Waals surface area contributed by atoms with Crippen LogP contribution in [-0.2, 0) is 5.75 Å². The molecule has 0 atom stereocenters. The Bertz CT molecular complexity index is 1250. The van der Waals surface area contributed by atoms with Crippen LogP contribution < -0.4 is 5.56 Å². The number of carbonyl (C=O) groups is 1. The standard InChI is InChI=1S/C25H30N4O2S2/c1-15-4-5-16(2)19(12-15)32-14-20-26-23(30)21-17(3)22(33-24(21)27-20)25(31)29-10-8-28(9-11-29)13-18-6-7-18/h4-5,12,18H,6-11,13-14H2,1-3H3,(H,26,27,30). The van der Waals surface area contributed by atoms with Gasteiger partial charge in [0.25, 0.3) is 11.5 Å². The van der Waals surface area contributed by atoms with Gasteiger partial charge in [-0.25, -0.2) is 4.98 Å². The lowest BCUT2D eigenvalue weighted by Crippen LogP contribution is -2.49. The van der Waals surface area contributed by atoms with Gasteiger partial charge in [-0.05, 0) is 56.7 Å². The van der Waals surface area contributed by atoms with Crippen LogP contribution in [0.4, 0.5) is 0 Å². The highest BCUT2D eigenvalue weighted by atomic mass is 32.2. The third-order valence-electron chi connectivity index (χ3n) is 6.62. The van der Waals surface area contributed by atoms with Crippen molar-refractivity contribution in [1.29, 1.82) is 0 Å². The van der Waals surface area contributed by atoms with Crippen molar-refractivity contribution in [3.05, 3.63) is 55.9 Å². The van der Waals surface area contributed by atoms with E-state index in [1.807, 2.05) is 11.8 Å². The molecule has 33 heavy (non-hydrogen) atoms. The van der Waals surface area contributed by atoms with Crippen LogP contribution in [0, 0.1) is 26.7 Å². The summed E-state index contributed by atoms with van der Waals surface area (Å²) in [5.74, 6) is 2.13. The molecule has 8 heteroatoms. The summed E-state index contributed by atoms with van der Waals surface area (Å²) < 4.78 is 0. The van der Waals surface area contributed by atoms with Crippen molar-refractivity contribution in [2.45, 2.75) is 44.3 Å². The average Bonchev–Trinajstić information content (AvgIpc) is 3.55. The Morgan fingerprint density at radius 2 is 1.94 bits per heavy atom. The summed E-state index contributed by atoms with van der Waals surface area (Å²) in [5, 5.41) is 0.552. The van der Waals surface area contributed by atoms with Gasteiger partial charge in [-0.3, -0.25) is 14.5 Å².